The lowest BCUT2D eigenvalue weighted by molar-refractivity contribution is 0.0520. The Morgan fingerprint density at radius 3 is 2.67 bits per heavy atom. The first kappa shape index (κ1) is 18.5. The first-order valence-electron chi connectivity index (χ1n) is 8.40. The lowest BCUT2D eigenvalue weighted by atomic mass is 10.1. The number of hydrogen-bond donors (Lipinski definition) is 2. The number of nitrogens with one attached hydrogen (secondary N) is 1. The molecule has 1 aliphatic heterocycles. The highest BCUT2D eigenvalue weighted by Crippen LogP contribution is 2.28. The number of carboxylic acid groups (broad SMARTS) is 1. The summed E-state index contributed by atoms with van der Waals surface area (Å²) in [7, 11) is 0. The van der Waals surface area contributed by atoms with Gasteiger partial charge in [0.1, 0.15) is 5.69 Å². The van der Waals surface area contributed by atoms with Crippen molar-refractivity contribution >= 4 is 18.0 Å². The highest BCUT2D eigenvalue weighted by molar-refractivity contribution is 5.95. The lowest BCUT2D eigenvalue weighted by Crippen LogP contribution is -2.48. The number of ether oxygens (including phenoxy) is 1. The molecule has 0 saturated carbocycles. The molecule has 10 nitrogen and oxygen atoms in total. The normalized spacial score (nSPS) is 14.3. The molecule has 11 heteroatoms. The number of rotatable bonds is 4. The Labute approximate surface area is 154 Å². The summed E-state index contributed by atoms with van der Waals surface area (Å²) in [5, 5.41) is 15.6. The van der Waals surface area contributed by atoms with Crippen LogP contribution in [0.5, 0.6) is 0 Å². The van der Waals surface area contributed by atoms with Crippen molar-refractivity contribution in [1.29, 1.82) is 0 Å². The van der Waals surface area contributed by atoms with Crippen molar-refractivity contribution in [1.82, 2.24) is 25.1 Å². The van der Waals surface area contributed by atoms with Gasteiger partial charge in [0, 0.05) is 31.9 Å². The summed E-state index contributed by atoms with van der Waals surface area (Å²) < 4.78 is 19.4. The Hall–Kier alpha value is -3.24. The van der Waals surface area contributed by atoms with Gasteiger partial charge in [-0.05, 0) is 13.8 Å². The maximum absolute atomic E-state index is 14.5. The molecule has 0 aliphatic carbocycles. The van der Waals surface area contributed by atoms with Gasteiger partial charge in [-0.2, -0.15) is 5.10 Å². The van der Waals surface area contributed by atoms with E-state index in [1.165, 1.54) is 4.90 Å². The zero-order chi connectivity index (χ0) is 19.6. The van der Waals surface area contributed by atoms with Gasteiger partial charge < -0.3 is 19.6 Å². The Balaban J connectivity index is 1.93. The molecule has 3 rings (SSSR count). The number of carbonyl (C=O) groups is 2. The molecule has 3 heterocycles. The fourth-order valence-electron chi connectivity index (χ4n) is 2.85. The van der Waals surface area contributed by atoms with Crippen LogP contribution in [0.1, 0.15) is 23.1 Å². The van der Waals surface area contributed by atoms with Crippen LogP contribution in [0.2, 0.25) is 0 Å². The van der Waals surface area contributed by atoms with Crippen LogP contribution in [-0.2, 0) is 4.74 Å². The van der Waals surface area contributed by atoms with E-state index in [0.717, 1.165) is 6.20 Å². The monoisotopic (exact) mass is 378 g/mol. The Bertz CT molecular complexity index is 863. The molecular weight excluding hydrogens is 359 g/mol. The number of piperazine rings is 1. The van der Waals surface area contributed by atoms with Gasteiger partial charge in [-0.15, -0.1) is 0 Å². The van der Waals surface area contributed by atoms with Crippen molar-refractivity contribution in [2.75, 3.05) is 37.7 Å². The largest absolute Gasteiger partial charge is 0.465 e. The maximum atomic E-state index is 14.5. The molecule has 1 aliphatic rings. The highest BCUT2D eigenvalue weighted by Gasteiger charge is 2.27. The second-order valence-corrected chi connectivity index (χ2v) is 5.92. The van der Waals surface area contributed by atoms with Crippen LogP contribution in [0.25, 0.3) is 11.3 Å². The van der Waals surface area contributed by atoms with Crippen molar-refractivity contribution in [3.63, 3.8) is 0 Å². The number of aryl methyl sites for hydroxylation is 1. The quantitative estimate of drug-likeness (QED) is 0.763. The summed E-state index contributed by atoms with van der Waals surface area (Å²) in [6, 6.07) is 0. The van der Waals surface area contributed by atoms with Crippen LogP contribution in [0.4, 0.5) is 15.1 Å². The molecule has 0 bridgehead atoms. The Kier molecular flexibility index (Phi) is 5.19. The summed E-state index contributed by atoms with van der Waals surface area (Å²) in [4.78, 5) is 34.5. The van der Waals surface area contributed by atoms with Crippen molar-refractivity contribution in [3.05, 3.63) is 23.4 Å². The van der Waals surface area contributed by atoms with Gasteiger partial charge in [0.05, 0.1) is 18.4 Å². The molecule has 1 fully saturated rings. The van der Waals surface area contributed by atoms with Crippen LogP contribution < -0.4 is 4.90 Å². The molecular formula is C16H19FN6O4. The molecule has 2 aromatic heterocycles. The number of amides is 1. The number of aromatic amines is 1. The Morgan fingerprint density at radius 2 is 2.04 bits per heavy atom. The maximum Gasteiger partial charge on any atom is 0.407 e. The third-order valence-corrected chi connectivity index (χ3v) is 4.22. The summed E-state index contributed by atoms with van der Waals surface area (Å²) in [6.07, 6.45) is 0.0475. The van der Waals surface area contributed by atoms with Gasteiger partial charge in [0.2, 0.25) is 5.95 Å². The number of halogens is 1. The average Bonchev–Trinajstić information content (AvgIpc) is 3.04. The zero-order valence-corrected chi connectivity index (χ0v) is 14.9. The average molecular weight is 378 g/mol. The van der Waals surface area contributed by atoms with Crippen LogP contribution in [-0.4, -0.2) is 75.0 Å². The molecule has 0 radical (unpaired) electrons. The van der Waals surface area contributed by atoms with E-state index in [9.17, 15) is 14.0 Å². The van der Waals surface area contributed by atoms with Crippen molar-refractivity contribution in [2.45, 2.75) is 13.8 Å². The zero-order valence-electron chi connectivity index (χ0n) is 14.9. The van der Waals surface area contributed by atoms with Gasteiger partial charge in [0.15, 0.2) is 11.5 Å². The molecule has 27 heavy (non-hydrogen) atoms. The molecule has 1 saturated heterocycles. The van der Waals surface area contributed by atoms with E-state index in [-0.39, 0.29) is 29.5 Å². The first-order valence-corrected chi connectivity index (χ1v) is 8.40. The van der Waals surface area contributed by atoms with Gasteiger partial charge in [-0.25, -0.2) is 23.9 Å². The third kappa shape index (κ3) is 3.66. The van der Waals surface area contributed by atoms with E-state index >= 15 is 0 Å². The standard InChI is InChI=1S/C16H19FN6O4/c1-3-27-14(24)13-11(9(2)20-21-13)12-10(17)8-18-15(19-12)22-4-6-23(7-5-22)16(25)26/h8H,3-7H2,1-2H3,(H,20,21)(H,25,26). The molecule has 2 aromatic rings. The number of aromatic nitrogens is 4. The summed E-state index contributed by atoms with van der Waals surface area (Å²) in [6.45, 7) is 4.83. The van der Waals surface area contributed by atoms with Gasteiger partial charge in [-0.1, -0.05) is 0 Å². The minimum Gasteiger partial charge on any atom is -0.465 e. The van der Waals surface area contributed by atoms with E-state index < -0.39 is 17.9 Å². The molecule has 144 valence electrons. The number of anilines is 1. The second-order valence-electron chi connectivity index (χ2n) is 5.92. The van der Waals surface area contributed by atoms with Gasteiger partial charge >= 0.3 is 12.1 Å². The number of H-pyrrole nitrogens is 1. The Morgan fingerprint density at radius 1 is 1.33 bits per heavy atom. The number of carbonyl (C=O) groups excluding carboxylic acids is 1. The topological polar surface area (TPSA) is 125 Å². The number of esters is 1. The van der Waals surface area contributed by atoms with E-state index in [4.69, 9.17) is 9.84 Å². The van der Waals surface area contributed by atoms with Crippen molar-refractivity contribution in [2.24, 2.45) is 0 Å². The highest BCUT2D eigenvalue weighted by atomic mass is 19.1. The molecule has 0 unspecified atom stereocenters. The molecule has 1 amide bonds. The predicted molar refractivity (Wildman–Crippen MR) is 92.1 cm³/mol. The predicted octanol–water partition coefficient (Wildman–Crippen LogP) is 1.29. The van der Waals surface area contributed by atoms with Crippen LogP contribution in [0.15, 0.2) is 6.20 Å². The van der Waals surface area contributed by atoms with Crippen molar-refractivity contribution in [3.8, 4) is 11.3 Å². The molecule has 0 atom stereocenters. The van der Waals surface area contributed by atoms with Crippen LogP contribution in [0, 0.1) is 12.7 Å². The fraction of sp³-hybridized carbons (Fsp3) is 0.438. The van der Waals surface area contributed by atoms with Gasteiger partial charge in [0.25, 0.3) is 0 Å². The summed E-state index contributed by atoms with van der Waals surface area (Å²) >= 11 is 0. The van der Waals surface area contributed by atoms with E-state index in [1.807, 2.05) is 0 Å². The van der Waals surface area contributed by atoms with Crippen LogP contribution >= 0.6 is 0 Å². The van der Waals surface area contributed by atoms with E-state index in [1.54, 1.807) is 18.7 Å². The fourth-order valence-corrected chi connectivity index (χ4v) is 2.85. The summed E-state index contributed by atoms with van der Waals surface area (Å²) in [5.74, 6) is -1.11. The third-order valence-electron chi connectivity index (χ3n) is 4.22. The number of hydrogen-bond acceptors (Lipinski definition) is 7. The molecule has 2 N–H and O–H groups in total. The second kappa shape index (κ2) is 7.56. The minimum atomic E-state index is -0.983. The SMILES string of the molecule is CCOC(=O)c1n[nH]c(C)c1-c1nc(N2CCN(C(=O)O)CC2)ncc1F. The van der Waals surface area contributed by atoms with Crippen molar-refractivity contribution < 1.29 is 23.8 Å². The summed E-state index contributed by atoms with van der Waals surface area (Å²) in [5.41, 5.74) is 0.583. The first-order chi connectivity index (χ1) is 12.9. The van der Waals surface area contributed by atoms with Gasteiger partial charge in [-0.3, -0.25) is 5.10 Å². The minimum absolute atomic E-state index is 0.0476. The molecule has 0 spiro atoms. The van der Waals surface area contributed by atoms with Crippen LogP contribution in [0.3, 0.4) is 0 Å². The van der Waals surface area contributed by atoms with E-state index in [0.29, 0.717) is 31.9 Å². The van der Waals surface area contributed by atoms with E-state index in [2.05, 4.69) is 20.2 Å². The lowest BCUT2D eigenvalue weighted by Gasteiger charge is -2.33. The number of nitrogens with zero attached hydrogens (tertiary/aromatic N) is 5. The smallest absolute Gasteiger partial charge is 0.407 e. The molecule has 0 aromatic carbocycles.